The molecule has 0 aromatic carbocycles. The molecule has 0 atom stereocenters. The van der Waals surface area contributed by atoms with Crippen LogP contribution < -0.4 is 4.90 Å². The Balaban J connectivity index is 2.81. The Bertz CT molecular complexity index is 286. The van der Waals surface area contributed by atoms with E-state index in [2.05, 4.69) is 44.9 Å². The van der Waals surface area contributed by atoms with Gasteiger partial charge in [-0.25, -0.2) is 0 Å². The van der Waals surface area contributed by atoms with Crippen LogP contribution in [0.3, 0.4) is 0 Å². The molecular weight excluding hydrogens is 274 g/mol. The van der Waals surface area contributed by atoms with Gasteiger partial charge in [-0.2, -0.15) is 0 Å². The zero-order valence-corrected chi connectivity index (χ0v) is 11.9. The second-order valence-corrected chi connectivity index (χ2v) is 5.41. The highest BCUT2D eigenvalue weighted by Crippen LogP contribution is 2.24. The third-order valence-corrected chi connectivity index (χ3v) is 3.70. The topological polar surface area (TPSA) is 29.0 Å². The Morgan fingerprint density at radius 3 is 2.40 bits per heavy atom. The van der Waals surface area contributed by atoms with Gasteiger partial charge in [-0.1, -0.05) is 41.1 Å². The van der Waals surface area contributed by atoms with Gasteiger partial charge in [0, 0.05) is 17.9 Å². The van der Waals surface area contributed by atoms with Gasteiger partial charge in [-0.05, 0) is 19.8 Å². The normalized spacial score (nSPS) is 11.0. The standard InChI is InChI=1S/C10H18BrN3S/c1-4-9(5-2)14(7-6-11)10-13-12-8(3)15-10/h9H,4-7H2,1-3H3. The lowest BCUT2D eigenvalue weighted by Crippen LogP contribution is -2.35. The summed E-state index contributed by atoms with van der Waals surface area (Å²) in [5.41, 5.74) is 0. The Hall–Kier alpha value is -0.160. The van der Waals surface area contributed by atoms with Crippen LogP contribution in [0.25, 0.3) is 0 Å². The van der Waals surface area contributed by atoms with Gasteiger partial charge in [0.05, 0.1) is 0 Å². The summed E-state index contributed by atoms with van der Waals surface area (Å²) in [5, 5.41) is 11.4. The third-order valence-electron chi connectivity index (χ3n) is 2.47. The maximum atomic E-state index is 4.23. The lowest BCUT2D eigenvalue weighted by atomic mass is 10.1. The van der Waals surface area contributed by atoms with E-state index in [1.165, 1.54) is 0 Å². The molecule has 1 rings (SSSR count). The highest BCUT2D eigenvalue weighted by atomic mass is 79.9. The summed E-state index contributed by atoms with van der Waals surface area (Å²) in [6, 6.07) is 0.579. The van der Waals surface area contributed by atoms with E-state index >= 15 is 0 Å². The minimum absolute atomic E-state index is 0.579. The molecular formula is C10H18BrN3S. The number of alkyl halides is 1. The van der Waals surface area contributed by atoms with Gasteiger partial charge < -0.3 is 4.90 Å². The molecule has 0 saturated heterocycles. The van der Waals surface area contributed by atoms with E-state index in [9.17, 15) is 0 Å². The van der Waals surface area contributed by atoms with Gasteiger partial charge in [0.25, 0.3) is 0 Å². The predicted octanol–water partition coefficient (Wildman–Crippen LogP) is 3.24. The third kappa shape index (κ3) is 3.41. The van der Waals surface area contributed by atoms with Gasteiger partial charge in [0.1, 0.15) is 5.01 Å². The van der Waals surface area contributed by atoms with Crippen LogP contribution in [0.1, 0.15) is 31.7 Å². The van der Waals surface area contributed by atoms with Gasteiger partial charge in [0.2, 0.25) is 5.13 Å². The summed E-state index contributed by atoms with van der Waals surface area (Å²) < 4.78 is 0. The molecule has 0 aliphatic carbocycles. The molecule has 0 aliphatic rings. The largest absolute Gasteiger partial charge is 0.343 e. The van der Waals surface area contributed by atoms with Crippen LogP contribution in [0.5, 0.6) is 0 Å². The summed E-state index contributed by atoms with van der Waals surface area (Å²) in [6.45, 7) is 7.45. The van der Waals surface area contributed by atoms with Crippen molar-refractivity contribution in [3.8, 4) is 0 Å². The molecule has 1 heterocycles. The Labute approximate surface area is 104 Å². The molecule has 0 bridgehead atoms. The first-order chi connectivity index (χ1) is 7.22. The lowest BCUT2D eigenvalue weighted by Gasteiger charge is -2.29. The molecule has 1 aromatic heterocycles. The van der Waals surface area contributed by atoms with Crippen LogP contribution in [-0.2, 0) is 0 Å². The van der Waals surface area contributed by atoms with Crippen molar-refractivity contribution < 1.29 is 0 Å². The molecule has 0 N–H and O–H groups in total. The van der Waals surface area contributed by atoms with Crippen LogP contribution in [0.4, 0.5) is 5.13 Å². The summed E-state index contributed by atoms with van der Waals surface area (Å²) >= 11 is 5.17. The smallest absolute Gasteiger partial charge is 0.208 e. The molecule has 0 unspecified atom stereocenters. The van der Waals surface area contributed by atoms with Gasteiger partial charge >= 0.3 is 0 Å². The minimum atomic E-state index is 0.579. The second-order valence-electron chi connectivity index (χ2n) is 3.46. The number of hydrogen-bond acceptors (Lipinski definition) is 4. The molecule has 0 radical (unpaired) electrons. The molecule has 86 valence electrons. The van der Waals surface area contributed by atoms with E-state index < -0.39 is 0 Å². The monoisotopic (exact) mass is 291 g/mol. The van der Waals surface area contributed by atoms with Gasteiger partial charge in [0.15, 0.2) is 0 Å². The molecule has 1 aromatic rings. The van der Waals surface area contributed by atoms with Crippen molar-refractivity contribution in [2.45, 2.75) is 39.7 Å². The molecule has 0 aliphatic heterocycles. The van der Waals surface area contributed by atoms with E-state index in [1.54, 1.807) is 11.3 Å². The molecule has 0 saturated carbocycles. The van der Waals surface area contributed by atoms with Crippen LogP contribution >= 0.6 is 27.3 Å². The predicted molar refractivity (Wildman–Crippen MR) is 70.2 cm³/mol. The second kappa shape index (κ2) is 6.43. The maximum absolute atomic E-state index is 4.23. The molecule has 0 fully saturated rings. The molecule has 0 amide bonds. The number of aromatic nitrogens is 2. The van der Waals surface area contributed by atoms with Crippen molar-refractivity contribution in [1.29, 1.82) is 0 Å². The van der Waals surface area contributed by atoms with E-state index in [0.29, 0.717) is 6.04 Å². The van der Waals surface area contributed by atoms with Crippen LogP contribution in [0, 0.1) is 6.92 Å². The van der Waals surface area contributed by atoms with Crippen molar-refractivity contribution >= 4 is 32.4 Å². The fraction of sp³-hybridized carbons (Fsp3) is 0.800. The van der Waals surface area contributed by atoms with E-state index in [4.69, 9.17) is 0 Å². The molecule has 0 spiro atoms. The Morgan fingerprint density at radius 2 is 2.00 bits per heavy atom. The lowest BCUT2D eigenvalue weighted by molar-refractivity contribution is 0.566. The quantitative estimate of drug-likeness (QED) is 0.754. The van der Waals surface area contributed by atoms with Gasteiger partial charge in [-0.3, -0.25) is 0 Å². The van der Waals surface area contributed by atoms with E-state index in [-0.39, 0.29) is 0 Å². The summed E-state index contributed by atoms with van der Waals surface area (Å²) in [5.74, 6) is 0. The summed E-state index contributed by atoms with van der Waals surface area (Å²) in [7, 11) is 0. The number of aryl methyl sites for hydroxylation is 1. The van der Waals surface area contributed by atoms with Crippen molar-refractivity contribution in [3.63, 3.8) is 0 Å². The highest BCUT2D eigenvalue weighted by molar-refractivity contribution is 9.09. The van der Waals surface area contributed by atoms with Crippen LogP contribution in [0.2, 0.25) is 0 Å². The first-order valence-corrected chi connectivity index (χ1v) is 7.29. The van der Waals surface area contributed by atoms with Crippen LogP contribution in [0.15, 0.2) is 0 Å². The fourth-order valence-electron chi connectivity index (χ4n) is 1.66. The fourth-order valence-corrected chi connectivity index (χ4v) is 2.82. The van der Waals surface area contributed by atoms with Crippen LogP contribution in [-0.4, -0.2) is 28.1 Å². The number of halogens is 1. The first-order valence-electron chi connectivity index (χ1n) is 5.35. The molecule has 3 nitrogen and oxygen atoms in total. The number of hydrogen-bond donors (Lipinski definition) is 0. The first kappa shape index (κ1) is 12.9. The average molecular weight is 292 g/mol. The zero-order valence-electron chi connectivity index (χ0n) is 9.53. The van der Waals surface area contributed by atoms with Crippen molar-refractivity contribution in [2.75, 3.05) is 16.8 Å². The summed E-state index contributed by atoms with van der Waals surface area (Å²) in [4.78, 5) is 2.36. The van der Waals surface area contributed by atoms with Crippen molar-refractivity contribution in [3.05, 3.63) is 5.01 Å². The van der Waals surface area contributed by atoms with E-state index in [0.717, 1.165) is 34.9 Å². The Kier molecular flexibility index (Phi) is 5.53. The van der Waals surface area contributed by atoms with E-state index in [1.807, 2.05) is 6.92 Å². The maximum Gasteiger partial charge on any atom is 0.208 e. The number of rotatable bonds is 6. The molecule has 15 heavy (non-hydrogen) atoms. The van der Waals surface area contributed by atoms with Crippen molar-refractivity contribution in [1.82, 2.24) is 10.2 Å². The minimum Gasteiger partial charge on any atom is -0.343 e. The SMILES string of the molecule is CCC(CC)N(CCBr)c1nnc(C)s1. The van der Waals surface area contributed by atoms with Gasteiger partial charge in [-0.15, -0.1) is 10.2 Å². The summed E-state index contributed by atoms with van der Waals surface area (Å²) in [6.07, 6.45) is 2.31. The average Bonchev–Trinajstić information content (AvgIpc) is 2.65. The number of anilines is 1. The highest BCUT2D eigenvalue weighted by Gasteiger charge is 2.18. The number of nitrogens with zero attached hydrogens (tertiary/aromatic N) is 3. The molecule has 5 heteroatoms. The Morgan fingerprint density at radius 1 is 1.33 bits per heavy atom. The van der Waals surface area contributed by atoms with Crippen molar-refractivity contribution in [2.24, 2.45) is 0 Å². The zero-order chi connectivity index (χ0) is 11.3.